The Kier molecular flexibility index (Phi) is 2.74. The molecule has 2 rings (SSSR count). The number of hydrogen-bond donors (Lipinski definition) is 0. The highest BCUT2D eigenvalue weighted by molar-refractivity contribution is 7.03. The quantitative estimate of drug-likeness (QED) is 0.677. The largest absolute Gasteiger partial charge is 0.375 e. The van der Waals surface area contributed by atoms with E-state index in [1.807, 2.05) is 6.92 Å². The molecule has 1 amide bonds. The van der Waals surface area contributed by atoms with Gasteiger partial charge in [0.05, 0.1) is 12.7 Å². The summed E-state index contributed by atoms with van der Waals surface area (Å²) in [6, 6.07) is 0. The van der Waals surface area contributed by atoms with Gasteiger partial charge < -0.3 is 9.64 Å². The Bertz CT molecular complexity index is 314. The van der Waals surface area contributed by atoms with Crippen LogP contribution in [0.15, 0.2) is 5.38 Å². The van der Waals surface area contributed by atoms with Crippen LogP contribution in [0.3, 0.4) is 0 Å². The molecule has 76 valence electrons. The molecule has 0 N–H and O–H groups in total. The molecule has 1 aromatic heterocycles. The van der Waals surface area contributed by atoms with Crippen LogP contribution in [0.5, 0.6) is 0 Å². The molecule has 0 spiro atoms. The zero-order chi connectivity index (χ0) is 9.97. The molecule has 5 nitrogen and oxygen atoms in total. The second-order valence-electron chi connectivity index (χ2n) is 3.22. The summed E-state index contributed by atoms with van der Waals surface area (Å²) in [5, 5.41) is 5.42. The predicted molar refractivity (Wildman–Crippen MR) is 51.2 cm³/mol. The van der Waals surface area contributed by atoms with Gasteiger partial charge >= 0.3 is 0 Å². The molecule has 6 heteroatoms. The summed E-state index contributed by atoms with van der Waals surface area (Å²) in [7, 11) is 0. The van der Waals surface area contributed by atoms with Gasteiger partial charge in [0, 0.05) is 18.5 Å². The van der Waals surface area contributed by atoms with E-state index in [0.29, 0.717) is 25.4 Å². The van der Waals surface area contributed by atoms with E-state index in [1.54, 1.807) is 10.3 Å². The molecule has 2 heterocycles. The van der Waals surface area contributed by atoms with Gasteiger partial charge in [-0.25, -0.2) is 0 Å². The first-order chi connectivity index (χ1) is 6.77. The summed E-state index contributed by atoms with van der Waals surface area (Å²) in [4.78, 5) is 13.5. The van der Waals surface area contributed by atoms with Crippen LogP contribution >= 0.6 is 11.5 Å². The Morgan fingerprint density at radius 1 is 1.79 bits per heavy atom. The van der Waals surface area contributed by atoms with Crippen LogP contribution in [0.1, 0.15) is 17.4 Å². The standard InChI is InChI=1S/C8H11N3O2S/c1-6-4-11(2-3-13-6)8(12)7-5-14-10-9-7/h5-6H,2-4H2,1H3. The Labute approximate surface area is 85.8 Å². The maximum absolute atomic E-state index is 11.8. The van der Waals surface area contributed by atoms with Gasteiger partial charge in [0.2, 0.25) is 0 Å². The molecular formula is C8H11N3O2S. The highest BCUT2D eigenvalue weighted by Crippen LogP contribution is 2.09. The molecule has 1 fully saturated rings. The topological polar surface area (TPSA) is 55.3 Å². The number of aromatic nitrogens is 2. The van der Waals surface area contributed by atoms with Crippen molar-refractivity contribution in [2.75, 3.05) is 19.7 Å². The summed E-state index contributed by atoms with van der Waals surface area (Å²) in [6.07, 6.45) is 0.110. The summed E-state index contributed by atoms with van der Waals surface area (Å²) in [5.41, 5.74) is 0.434. The van der Waals surface area contributed by atoms with E-state index in [1.165, 1.54) is 11.5 Å². The van der Waals surface area contributed by atoms with Crippen LogP contribution < -0.4 is 0 Å². The molecule has 1 aliphatic heterocycles. The third kappa shape index (κ3) is 1.91. The Balaban J connectivity index is 2.04. The Morgan fingerprint density at radius 2 is 2.64 bits per heavy atom. The minimum Gasteiger partial charge on any atom is -0.375 e. The van der Waals surface area contributed by atoms with E-state index >= 15 is 0 Å². The first-order valence-corrected chi connectivity index (χ1v) is 5.29. The van der Waals surface area contributed by atoms with E-state index in [-0.39, 0.29) is 12.0 Å². The number of morpholine rings is 1. The van der Waals surface area contributed by atoms with E-state index in [0.717, 1.165) is 0 Å². The van der Waals surface area contributed by atoms with Gasteiger partial charge in [0.15, 0.2) is 5.69 Å². The Morgan fingerprint density at radius 3 is 3.29 bits per heavy atom. The van der Waals surface area contributed by atoms with Gasteiger partial charge in [-0.15, -0.1) is 5.10 Å². The van der Waals surface area contributed by atoms with Gasteiger partial charge in [-0.1, -0.05) is 4.49 Å². The normalized spacial score (nSPS) is 22.4. The lowest BCUT2D eigenvalue weighted by Gasteiger charge is -2.30. The maximum atomic E-state index is 11.8. The van der Waals surface area contributed by atoms with Crippen molar-refractivity contribution in [1.82, 2.24) is 14.5 Å². The minimum atomic E-state index is -0.0473. The van der Waals surface area contributed by atoms with Gasteiger partial charge in [-0.3, -0.25) is 4.79 Å². The number of amides is 1. The van der Waals surface area contributed by atoms with Crippen molar-refractivity contribution in [2.45, 2.75) is 13.0 Å². The molecular weight excluding hydrogens is 202 g/mol. The number of ether oxygens (including phenoxy) is 1. The molecule has 0 radical (unpaired) electrons. The minimum absolute atomic E-state index is 0.0473. The number of hydrogen-bond acceptors (Lipinski definition) is 5. The molecule has 1 unspecified atom stereocenters. The molecule has 0 bridgehead atoms. The van der Waals surface area contributed by atoms with Crippen LogP contribution in [0.2, 0.25) is 0 Å². The fourth-order valence-corrected chi connectivity index (χ4v) is 1.85. The smallest absolute Gasteiger partial charge is 0.275 e. The number of carbonyl (C=O) groups is 1. The van der Waals surface area contributed by atoms with Gasteiger partial charge in [0.25, 0.3) is 5.91 Å². The monoisotopic (exact) mass is 213 g/mol. The third-order valence-electron chi connectivity index (χ3n) is 2.11. The van der Waals surface area contributed by atoms with Gasteiger partial charge in [0.1, 0.15) is 0 Å². The first-order valence-electron chi connectivity index (χ1n) is 4.45. The summed E-state index contributed by atoms with van der Waals surface area (Å²) >= 11 is 1.19. The van der Waals surface area contributed by atoms with Crippen molar-refractivity contribution in [3.8, 4) is 0 Å². The average Bonchev–Trinajstić information content (AvgIpc) is 2.69. The molecule has 1 atom stereocenters. The van der Waals surface area contributed by atoms with Crippen molar-refractivity contribution >= 4 is 17.4 Å². The van der Waals surface area contributed by atoms with Crippen molar-refractivity contribution in [2.24, 2.45) is 0 Å². The zero-order valence-corrected chi connectivity index (χ0v) is 8.66. The lowest BCUT2D eigenvalue weighted by Crippen LogP contribution is -2.44. The van der Waals surface area contributed by atoms with E-state index in [2.05, 4.69) is 9.59 Å². The van der Waals surface area contributed by atoms with Crippen molar-refractivity contribution in [1.29, 1.82) is 0 Å². The second-order valence-corrected chi connectivity index (χ2v) is 3.83. The highest BCUT2D eigenvalue weighted by atomic mass is 32.1. The van der Waals surface area contributed by atoms with Gasteiger partial charge in [-0.2, -0.15) is 0 Å². The average molecular weight is 213 g/mol. The van der Waals surface area contributed by atoms with Crippen LogP contribution in [-0.2, 0) is 4.74 Å². The van der Waals surface area contributed by atoms with Crippen molar-refractivity contribution in [3.63, 3.8) is 0 Å². The molecule has 0 saturated carbocycles. The molecule has 0 aliphatic carbocycles. The highest BCUT2D eigenvalue weighted by Gasteiger charge is 2.23. The summed E-state index contributed by atoms with van der Waals surface area (Å²) in [5.74, 6) is -0.0473. The molecule has 14 heavy (non-hydrogen) atoms. The molecule has 0 aromatic carbocycles. The predicted octanol–water partition coefficient (Wildman–Crippen LogP) is 0.399. The van der Waals surface area contributed by atoms with Gasteiger partial charge in [-0.05, 0) is 18.5 Å². The third-order valence-corrected chi connectivity index (χ3v) is 2.61. The lowest BCUT2D eigenvalue weighted by atomic mass is 10.3. The molecule has 1 aliphatic rings. The lowest BCUT2D eigenvalue weighted by molar-refractivity contribution is -0.0126. The Hall–Kier alpha value is -1.01. The summed E-state index contributed by atoms with van der Waals surface area (Å²) < 4.78 is 9.02. The van der Waals surface area contributed by atoms with E-state index < -0.39 is 0 Å². The number of rotatable bonds is 1. The number of nitrogens with zero attached hydrogens (tertiary/aromatic N) is 3. The van der Waals surface area contributed by atoms with Crippen molar-refractivity contribution in [3.05, 3.63) is 11.1 Å². The van der Waals surface area contributed by atoms with Crippen LogP contribution in [0.25, 0.3) is 0 Å². The maximum Gasteiger partial charge on any atom is 0.275 e. The van der Waals surface area contributed by atoms with E-state index in [9.17, 15) is 4.79 Å². The van der Waals surface area contributed by atoms with Crippen LogP contribution in [0.4, 0.5) is 0 Å². The molecule has 1 aromatic rings. The van der Waals surface area contributed by atoms with Crippen LogP contribution in [0, 0.1) is 0 Å². The first kappa shape index (κ1) is 9.54. The van der Waals surface area contributed by atoms with E-state index in [4.69, 9.17) is 4.74 Å². The number of carbonyl (C=O) groups excluding carboxylic acids is 1. The zero-order valence-electron chi connectivity index (χ0n) is 7.84. The SMILES string of the molecule is CC1CN(C(=O)c2csnn2)CCO1. The summed E-state index contributed by atoms with van der Waals surface area (Å²) in [6.45, 7) is 3.83. The van der Waals surface area contributed by atoms with Crippen LogP contribution in [-0.4, -0.2) is 46.2 Å². The second kappa shape index (κ2) is 4.02. The fourth-order valence-electron chi connectivity index (χ4n) is 1.42. The van der Waals surface area contributed by atoms with Crippen molar-refractivity contribution < 1.29 is 9.53 Å². The fraction of sp³-hybridized carbons (Fsp3) is 0.625. The molecule has 1 saturated heterocycles.